The van der Waals surface area contributed by atoms with Crippen LogP contribution < -0.4 is 0 Å². The van der Waals surface area contributed by atoms with Crippen LogP contribution in [-0.4, -0.2) is 27.8 Å². The first-order chi connectivity index (χ1) is 9.38. The Kier molecular flexibility index (Phi) is 4.18. The van der Waals surface area contributed by atoms with Gasteiger partial charge in [0.05, 0.1) is 11.2 Å². The number of pyridine rings is 1. The first-order valence-corrected chi connectivity index (χ1v) is 7.30. The topological polar surface area (TPSA) is 46.1 Å². The highest BCUT2D eigenvalue weighted by Crippen LogP contribution is 2.27. The maximum atomic E-state index is 12.4. The van der Waals surface area contributed by atoms with E-state index < -0.39 is 0 Å². The maximum Gasteiger partial charge on any atom is 0.265 e. The molecule has 0 radical (unpaired) electrons. The molecule has 0 spiro atoms. The molecule has 0 unspecified atom stereocenters. The van der Waals surface area contributed by atoms with Crippen LogP contribution >= 0.6 is 11.3 Å². The van der Waals surface area contributed by atoms with Crippen molar-refractivity contribution in [2.45, 2.75) is 32.7 Å². The molecule has 2 aromatic heterocycles. The summed E-state index contributed by atoms with van der Waals surface area (Å²) < 4.78 is 0. The molecule has 1 amide bonds. The van der Waals surface area contributed by atoms with E-state index in [1.54, 1.807) is 30.5 Å². The van der Waals surface area contributed by atoms with Crippen LogP contribution in [0.15, 0.2) is 30.7 Å². The van der Waals surface area contributed by atoms with Crippen molar-refractivity contribution in [3.63, 3.8) is 0 Å². The zero-order valence-corrected chi connectivity index (χ0v) is 13.1. The molecule has 2 rings (SSSR count). The Bertz CT molecular complexity index is 587. The molecule has 0 saturated carbocycles. The summed E-state index contributed by atoms with van der Waals surface area (Å²) in [5.74, 6) is 0.00172. The number of thiazole rings is 1. The van der Waals surface area contributed by atoms with Crippen LogP contribution in [0.1, 0.15) is 41.0 Å². The maximum absolute atomic E-state index is 12.4. The molecule has 5 heteroatoms. The van der Waals surface area contributed by atoms with Gasteiger partial charge in [-0.25, -0.2) is 4.98 Å². The minimum absolute atomic E-state index is 0.00172. The zero-order chi connectivity index (χ0) is 14.8. The highest BCUT2D eigenvalue weighted by atomic mass is 32.1. The number of hydrogen-bond acceptors (Lipinski definition) is 4. The van der Waals surface area contributed by atoms with Crippen molar-refractivity contribution in [3.05, 3.63) is 46.2 Å². The van der Waals surface area contributed by atoms with Crippen LogP contribution in [-0.2, 0) is 12.0 Å². The van der Waals surface area contributed by atoms with Crippen molar-refractivity contribution < 1.29 is 4.79 Å². The normalized spacial score (nSPS) is 11.4. The van der Waals surface area contributed by atoms with E-state index in [2.05, 4.69) is 30.7 Å². The molecule has 0 aliphatic heterocycles. The molecule has 0 bridgehead atoms. The summed E-state index contributed by atoms with van der Waals surface area (Å²) in [4.78, 5) is 23.2. The summed E-state index contributed by atoms with van der Waals surface area (Å²) >= 11 is 1.47. The van der Waals surface area contributed by atoms with E-state index in [0.29, 0.717) is 11.4 Å². The lowest BCUT2D eigenvalue weighted by atomic mass is 9.98. The highest BCUT2D eigenvalue weighted by Gasteiger charge is 2.21. The molecule has 2 heterocycles. The van der Waals surface area contributed by atoms with Gasteiger partial charge in [-0.15, -0.1) is 11.3 Å². The molecular formula is C15H19N3OS. The van der Waals surface area contributed by atoms with E-state index in [1.165, 1.54) is 11.3 Å². The third kappa shape index (κ3) is 3.42. The van der Waals surface area contributed by atoms with Crippen LogP contribution in [0.5, 0.6) is 0 Å². The molecule has 0 saturated heterocycles. The molecule has 0 aliphatic carbocycles. The first-order valence-electron chi connectivity index (χ1n) is 6.48. The third-order valence-electron chi connectivity index (χ3n) is 2.85. The van der Waals surface area contributed by atoms with Crippen LogP contribution in [0.25, 0.3) is 0 Å². The fourth-order valence-electron chi connectivity index (χ4n) is 1.75. The third-order valence-corrected chi connectivity index (χ3v) is 4.26. The van der Waals surface area contributed by atoms with Gasteiger partial charge in [0.1, 0.15) is 4.88 Å². The van der Waals surface area contributed by atoms with Crippen LogP contribution in [0.3, 0.4) is 0 Å². The quantitative estimate of drug-likeness (QED) is 0.872. The standard InChI is InChI=1S/C15H19N3OS/c1-15(2,3)14-17-9-12(20-14)13(19)18(4)10-11-6-5-7-16-8-11/h5-9H,10H2,1-4H3. The van der Waals surface area contributed by atoms with Crippen molar-refractivity contribution in [3.8, 4) is 0 Å². The van der Waals surface area contributed by atoms with Crippen LogP contribution in [0, 0.1) is 0 Å². The average molecular weight is 289 g/mol. The minimum atomic E-state index is -0.0227. The van der Waals surface area contributed by atoms with E-state index in [4.69, 9.17) is 0 Å². The van der Waals surface area contributed by atoms with Gasteiger partial charge >= 0.3 is 0 Å². The number of rotatable bonds is 3. The number of amides is 1. The smallest absolute Gasteiger partial charge is 0.265 e. The molecule has 2 aromatic rings. The van der Waals surface area contributed by atoms with Crippen molar-refractivity contribution in [1.29, 1.82) is 0 Å². The van der Waals surface area contributed by atoms with E-state index >= 15 is 0 Å². The monoisotopic (exact) mass is 289 g/mol. The molecule has 0 aliphatic rings. The number of carbonyl (C=O) groups is 1. The Labute approximate surface area is 123 Å². The lowest BCUT2D eigenvalue weighted by molar-refractivity contribution is 0.0789. The lowest BCUT2D eigenvalue weighted by Gasteiger charge is -2.16. The summed E-state index contributed by atoms with van der Waals surface area (Å²) in [5.41, 5.74) is 0.995. The zero-order valence-electron chi connectivity index (χ0n) is 12.3. The predicted molar refractivity (Wildman–Crippen MR) is 80.8 cm³/mol. The number of carbonyl (C=O) groups excluding carboxylic acids is 1. The fraction of sp³-hybridized carbons (Fsp3) is 0.400. The Morgan fingerprint density at radius 2 is 2.10 bits per heavy atom. The van der Waals surface area contributed by atoms with E-state index in [1.807, 2.05) is 12.1 Å². The molecule has 0 atom stereocenters. The van der Waals surface area contributed by atoms with Gasteiger partial charge in [-0.2, -0.15) is 0 Å². The molecule has 0 fully saturated rings. The van der Waals surface area contributed by atoms with E-state index in [0.717, 1.165) is 10.6 Å². The molecule has 20 heavy (non-hydrogen) atoms. The SMILES string of the molecule is CN(Cc1cccnc1)C(=O)c1cnc(C(C)(C)C)s1. The summed E-state index contributed by atoms with van der Waals surface area (Å²) in [6, 6.07) is 3.84. The van der Waals surface area contributed by atoms with Gasteiger partial charge in [-0.3, -0.25) is 9.78 Å². The largest absolute Gasteiger partial charge is 0.337 e. The molecule has 106 valence electrons. The molecule has 0 aromatic carbocycles. The van der Waals surface area contributed by atoms with Crippen molar-refractivity contribution >= 4 is 17.2 Å². The Morgan fingerprint density at radius 1 is 1.35 bits per heavy atom. The summed E-state index contributed by atoms with van der Waals surface area (Å²) in [7, 11) is 1.80. The van der Waals surface area contributed by atoms with Crippen molar-refractivity contribution in [1.82, 2.24) is 14.9 Å². The Morgan fingerprint density at radius 3 is 2.65 bits per heavy atom. The Hall–Kier alpha value is -1.75. The predicted octanol–water partition coefficient (Wildman–Crippen LogP) is 3.11. The van der Waals surface area contributed by atoms with E-state index in [9.17, 15) is 4.79 Å². The Balaban J connectivity index is 2.09. The fourth-order valence-corrected chi connectivity index (χ4v) is 2.71. The second kappa shape index (κ2) is 5.71. The summed E-state index contributed by atoms with van der Waals surface area (Å²) in [6.45, 7) is 6.84. The van der Waals surface area contributed by atoms with Gasteiger partial charge in [0.2, 0.25) is 0 Å². The van der Waals surface area contributed by atoms with Gasteiger partial charge in [0.25, 0.3) is 5.91 Å². The molecular weight excluding hydrogens is 270 g/mol. The van der Waals surface area contributed by atoms with Gasteiger partial charge < -0.3 is 4.90 Å². The number of nitrogens with zero attached hydrogens (tertiary/aromatic N) is 3. The molecule has 0 N–H and O–H groups in total. The second-order valence-electron chi connectivity index (χ2n) is 5.80. The van der Waals surface area contributed by atoms with Crippen LogP contribution in [0.2, 0.25) is 0 Å². The van der Waals surface area contributed by atoms with Gasteiger partial charge in [0, 0.05) is 31.4 Å². The van der Waals surface area contributed by atoms with Gasteiger partial charge in [0.15, 0.2) is 0 Å². The first kappa shape index (κ1) is 14.7. The van der Waals surface area contributed by atoms with E-state index in [-0.39, 0.29) is 11.3 Å². The average Bonchev–Trinajstić information content (AvgIpc) is 2.88. The molecule has 4 nitrogen and oxygen atoms in total. The summed E-state index contributed by atoms with van der Waals surface area (Å²) in [6.07, 6.45) is 5.18. The van der Waals surface area contributed by atoms with Gasteiger partial charge in [-0.1, -0.05) is 26.8 Å². The van der Waals surface area contributed by atoms with Crippen molar-refractivity contribution in [2.75, 3.05) is 7.05 Å². The highest BCUT2D eigenvalue weighted by molar-refractivity contribution is 7.13. The van der Waals surface area contributed by atoms with Crippen LogP contribution in [0.4, 0.5) is 0 Å². The minimum Gasteiger partial charge on any atom is -0.337 e. The van der Waals surface area contributed by atoms with Gasteiger partial charge in [-0.05, 0) is 11.6 Å². The number of hydrogen-bond donors (Lipinski definition) is 0. The lowest BCUT2D eigenvalue weighted by Crippen LogP contribution is -2.25. The van der Waals surface area contributed by atoms with Crippen molar-refractivity contribution in [2.24, 2.45) is 0 Å². The second-order valence-corrected chi connectivity index (χ2v) is 6.83. The number of aromatic nitrogens is 2. The summed E-state index contributed by atoms with van der Waals surface area (Å²) in [5, 5.41) is 0.982.